The van der Waals surface area contributed by atoms with Crippen molar-refractivity contribution in [3.63, 3.8) is 0 Å². The Morgan fingerprint density at radius 1 is 1.19 bits per heavy atom. The van der Waals surface area contributed by atoms with Crippen molar-refractivity contribution in [2.75, 3.05) is 31.5 Å². The number of aromatic nitrogens is 1. The van der Waals surface area contributed by atoms with Crippen LogP contribution in [0.2, 0.25) is 0 Å². The number of pyridine rings is 1. The number of benzene rings is 1. The minimum atomic E-state index is 0.692. The first-order chi connectivity index (χ1) is 13.3. The second-order valence-electron chi connectivity index (χ2n) is 7.49. The lowest BCUT2D eigenvalue weighted by Crippen LogP contribution is -2.25. The van der Waals surface area contributed by atoms with Gasteiger partial charge in [-0.05, 0) is 73.0 Å². The van der Waals surface area contributed by atoms with Crippen molar-refractivity contribution in [3.05, 3.63) is 47.2 Å². The van der Waals surface area contributed by atoms with Crippen LogP contribution >= 0.6 is 11.9 Å². The molecule has 0 spiro atoms. The normalized spacial score (nSPS) is 17.7. The van der Waals surface area contributed by atoms with Crippen molar-refractivity contribution in [1.29, 1.82) is 0 Å². The minimum Gasteiger partial charge on any atom is -0.479 e. The first kappa shape index (κ1) is 18.6. The molecule has 4 rings (SSSR count). The maximum atomic E-state index is 5.57. The van der Waals surface area contributed by atoms with Gasteiger partial charge in [-0.3, -0.25) is 0 Å². The van der Waals surface area contributed by atoms with Gasteiger partial charge in [0.05, 0.1) is 7.11 Å². The second kappa shape index (κ2) is 8.53. The van der Waals surface area contributed by atoms with E-state index in [9.17, 15) is 0 Å². The zero-order valence-corrected chi connectivity index (χ0v) is 17.1. The SMILES string of the molecule is CCN1CCc2cc(NSc3ccc(C4CCC4)cc3)c(OC)nc2CC1. The smallest absolute Gasteiger partial charge is 0.238 e. The van der Waals surface area contributed by atoms with Crippen LogP contribution in [0.4, 0.5) is 5.69 Å². The topological polar surface area (TPSA) is 37.4 Å². The Morgan fingerprint density at radius 2 is 1.96 bits per heavy atom. The average molecular weight is 384 g/mol. The largest absolute Gasteiger partial charge is 0.479 e. The monoisotopic (exact) mass is 383 g/mol. The van der Waals surface area contributed by atoms with Crippen molar-refractivity contribution < 1.29 is 4.74 Å². The Morgan fingerprint density at radius 3 is 2.63 bits per heavy atom. The molecule has 0 atom stereocenters. The van der Waals surface area contributed by atoms with Crippen LogP contribution in [0.1, 0.15) is 48.9 Å². The quantitative estimate of drug-likeness (QED) is 0.718. The molecule has 1 saturated carbocycles. The molecular weight excluding hydrogens is 354 g/mol. The van der Waals surface area contributed by atoms with E-state index in [1.807, 2.05) is 0 Å². The highest BCUT2D eigenvalue weighted by atomic mass is 32.2. The van der Waals surface area contributed by atoms with Crippen LogP contribution in [0.25, 0.3) is 0 Å². The van der Waals surface area contributed by atoms with Gasteiger partial charge in [-0.15, -0.1) is 0 Å². The highest BCUT2D eigenvalue weighted by molar-refractivity contribution is 8.00. The van der Waals surface area contributed by atoms with E-state index in [0.29, 0.717) is 5.88 Å². The van der Waals surface area contributed by atoms with Crippen LogP contribution in [0.15, 0.2) is 35.2 Å². The summed E-state index contributed by atoms with van der Waals surface area (Å²) in [6.07, 6.45) is 6.12. The highest BCUT2D eigenvalue weighted by Gasteiger charge is 2.20. The number of fused-ring (bicyclic) bond motifs is 1. The molecule has 0 saturated heterocycles. The number of nitrogens with one attached hydrogen (secondary N) is 1. The molecule has 144 valence electrons. The van der Waals surface area contributed by atoms with Crippen LogP contribution in [-0.2, 0) is 12.8 Å². The summed E-state index contributed by atoms with van der Waals surface area (Å²) in [7, 11) is 1.70. The number of ether oxygens (including phenoxy) is 1. The lowest BCUT2D eigenvalue weighted by atomic mass is 9.80. The fourth-order valence-corrected chi connectivity index (χ4v) is 4.52. The lowest BCUT2D eigenvalue weighted by molar-refractivity contribution is 0.303. The molecule has 2 aliphatic rings. The number of hydrogen-bond donors (Lipinski definition) is 1. The van der Waals surface area contributed by atoms with Gasteiger partial charge in [-0.25, -0.2) is 4.98 Å². The van der Waals surface area contributed by atoms with Crippen LogP contribution in [0, 0.1) is 0 Å². The van der Waals surface area contributed by atoms with Crippen LogP contribution in [0.3, 0.4) is 0 Å². The van der Waals surface area contributed by atoms with Crippen molar-refractivity contribution in [1.82, 2.24) is 9.88 Å². The predicted octanol–water partition coefficient (Wildman–Crippen LogP) is 4.90. The van der Waals surface area contributed by atoms with Gasteiger partial charge in [-0.1, -0.05) is 25.5 Å². The number of hydrogen-bond acceptors (Lipinski definition) is 5. The summed E-state index contributed by atoms with van der Waals surface area (Å²) in [5.41, 5.74) is 4.98. The number of anilines is 1. The Balaban J connectivity index is 1.46. The Kier molecular flexibility index (Phi) is 5.89. The van der Waals surface area contributed by atoms with E-state index in [1.54, 1.807) is 19.1 Å². The zero-order valence-electron chi connectivity index (χ0n) is 16.3. The molecule has 1 aliphatic heterocycles. The van der Waals surface area contributed by atoms with Crippen molar-refractivity contribution in [3.8, 4) is 5.88 Å². The number of likely N-dealkylation sites (N-methyl/N-ethyl adjacent to an activating group) is 1. The van der Waals surface area contributed by atoms with Gasteiger partial charge in [0.25, 0.3) is 0 Å². The Bertz CT molecular complexity index is 774. The molecule has 2 aromatic rings. The van der Waals surface area contributed by atoms with E-state index in [-0.39, 0.29) is 0 Å². The summed E-state index contributed by atoms with van der Waals surface area (Å²) >= 11 is 1.63. The number of methoxy groups -OCH3 is 1. The van der Waals surface area contributed by atoms with Crippen LogP contribution < -0.4 is 9.46 Å². The van der Waals surface area contributed by atoms with E-state index < -0.39 is 0 Å². The standard InChI is InChI=1S/C22H29N3OS/c1-3-25-13-11-18-15-21(22(26-2)23-20(18)12-14-25)24-27-19-9-7-17(8-10-19)16-5-4-6-16/h7-10,15-16,24H,3-6,11-14H2,1-2H3. The lowest BCUT2D eigenvalue weighted by Gasteiger charge is -2.25. The first-order valence-electron chi connectivity index (χ1n) is 10.1. The molecule has 0 radical (unpaired) electrons. The molecule has 4 nitrogen and oxygen atoms in total. The summed E-state index contributed by atoms with van der Waals surface area (Å²) in [4.78, 5) is 8.50. The molecule has 5 heteroatoms. The van der Waals surface area contributed by atoms with E-state index >= 15 is 0 Å². The first-order valence-corrected chi connectivity index (χ1v) is 10.9. The van der Waals surface area contributed by atoms with E-state index in [1.165, 1.54) is 41.0 Å². The number of rotatable bonds is 6. The average Bonchev–Trinajstić information content (AvgIpc) is 2.87. The van der Waals surface area contributed by atoms with Gasteiger partial charge in [0.1, 0.15) is 5.69 Å². The fourth-order valence-electron chi connectivity index (χ4n) is 3.87. The summed E-state index contributed by atoms with van der Waals surface area (Å²) in [5, 5.41) is 0. The molecule has 0 bridgehead atoms. The Labute approximate surface area is 166 Å². The molecule has 27 heavy (non-hydrogen) atoms. The summed E-state index contributed by atoms with van der Waals surface area (Å²) in [6.45, 7) is 5.51. The second-order valence-corrected chi connectivity index (χ2v) is 8.37. The summed E-state index contributed by atoms with van der Waals surface area (Å²) in [5.74, 6) is 1.48. The molecule has 1 aromatic heterocycles. The molecule has 1 fully saturated rings. The van der Waals surface area contributed by atoms with Gasteiger partial charge in [-0.2, -0.15) is 0 Å². The number of nitrogens with zero attached hydrogens (tertiary/aromatic N) is 2. The molecule has 2 heterocycles. The molecule has 1 aromatic carbocycles. The maximum absolute atomic E-state index is 5.57. The highest BCUT2D eigenvalue weighted by Crippen LogP contribution is 2.37. The molecule has 0 unspecified atom stereocenters. The van der Waals surface area contributed by atoms with Gasteiger partial charge in [0.2, 0.25) is 5.88 Å². The van der Waals surface area contributed by atoms with E-state index in [2.05, 4.69) is 46.9 Å². The van der Waals surface area contributed by atoms with Gasteiger partial charge >= 0.3 is 0 Å². The van der Waals surface area contributed by atoms with Crippen LogP contribution in [-0.4, -0.2) is 36.6 Å². The third kappa shape index (κ3) is 4.25. The van der Waals surface area contributed by atoms with Crippen LogP contribution in [0.5, 0.6) is 5.88 Å². The van der Waals surface area contributed by atoms with E-state index in [0.717, 1.165) is 44.1 Å². The van der Waals surface area contributed by atoms with Crippen molar-refractivity contribution in [2.45, 2.75) is 49.8 Å². The predicted molar refractivity (Wildman–Crippen MR) is 113 cm³/mol. The fraction of sp³-hybridized carbons (Fsp3) is 0.500. The third-order valence-corrected chi connectivity index (χ3v) is 6.72. The minimum absolute atomic E-state index is 0.692. The van der Waals surface area contributed by atoms with Gasteiger partial charge in [0, 0.05) is 30.1 Å². The summed E-state index contributed by atoms with van der Waals surface area (Å²) in [6, 6.07) is 11.2. The molecule has 1 aliphatic carbocycles. The summed E-state index contributed by atoms with van der Waals surface area (Å²) < 4.78 is 9.03. The van der Waals surface area contributed by atoms with E-state index in [4.69, 9.17) is 9.72 Å². The van der Waals surface area contributed by atoms with Crippen molar-refractivity contribution >= 4 is 17.6 Å². The molecule has 1 N–H and O–H groups in total. The Hall–Kier alpha value is -1.72. The van der Waals surface area contributed by atoms with Gasteiger partial charge in [0.15, 0.2) is 0 Å². The molecular formula is C22H29N3OS. The van der Waals surface area contributed by atoms with Crippen molar-refractivity contribution in [2.24, 2.45) is 0 Å². The maximum Gasteiger partial charge on any atom is 0.238 e. The zero-order chi connectivity index (χ0) is 18.6. The van der Waals surface area contributed by atoms with Gasteiger partial charge < -0.3 is 14.4 Å². The third-order valence-electron chi connectivity index (χ3n) is 5.89. The molecule has 0 amide bonds.